The first-order chi connectivity index (χ1) is 17.4. The Balaban J connectivity index is 1.40. The Labute approximate surface area is 206 Å². The van der Waals surface area contributed by atoms with E-state index in [0.717, 1.165) is 22.3 Å². The van der Waals surface area contributed by atoms with Crippen LogP contribution in [0.25, 0.3) is 27.8 Å². The highest BCUT2D eigenvalue weighted by molar-refractivity contribution is 5.88. The largest absolute Gasteiger partial charge is 0.475 e. The number of carbonyl (C=O) groups is 1. The number of nitrogens with zero attached hydrogens (tertiary/aromatic N) is 8. The van der Waals surface area contributed by atoms with Gasteiger partial charge in [-0.25, -0.2) is 14.3 Å². The number of rotatable bonds is 6. The number of hydrogen-bond donors (Lipinski definition) is 1. The Hall–Kier alpha value is -4.98. The zero-order valence-corrected chi connectivity index (χ0v) is 20.0. The van der Waals surface area contributed by atoms with Crippen molar-refractivity contribution < 1.29 is 9.53 Å². The number of nitriles is 1. The highest BCUT2D eigenvalue weighted by atomic mass is 16.5. The summed E-state index contributed by atoms with van der Waals surface area (Å²) >= 11 is 0. The topological polar surface area (TPSA) is 128 Å². The minimum Gasteiger partial charge on any atom is -0.475 e. The molecule has 1 N–H and O–H groups in total. The number of amides is 1. The van der Waals surface area contributed by atoms with Gasteiger partial charge in [0.15, 0.2) is 0 Å². The molecule has 11 heteroatoms. The number of fused-ring (bicyclic) bond motifs is 1. The lowest BCUT2D eigenvalue weighted by Gasteiger charge is -2.09. The van der Waals surface area contributed by atoms with Gasteiger partial charge in [-0.1, -0.05) is 6.07 Å². The summed E-state index contributed by atoms with van der Waals surface area (Å²) in [6.45, 7) is 4.15. The molecule has 11 nitrogen and oxygen atoms in total. The molecule has 5 aromatic rings. The molecule has 0 aromatic carbocycles. The van der Waals surface area contributed by atoms with Crippen molar-refractivity contribution in [3.05, 3.63) is 72.7 Å². The fourth-order valence-corrected chi connectivity index (χ4v) is 3.81. The molecule has 5 rings (SSSR count). The number of pyridine rings is 2. The number of aryl methyl sites for hydroxylation is 1. The number of ether oxygens (including phenoxy) is 1. The summed E-state index contributed by atoms with van der Waals surface area (Å²) in [4.78, 5) is 17.0. The van der Waals surface area contributed by atoms with E-state index in [1.807, 2.05) is 45.4 Å². The van der Waals surface area contributed by atoms with Gasteiger partial charge in [0, 0.05) is 66.7 Å². The van der Waals surface area contributed by atoms with Crippen LogP contribution in [0.3, 0.4) is 0 Å². The maximum Gasteiger partial charge on any atom is 0.342 e. The molecule has 0 radical (unpaired) electrons. The smallest absolute Gasteiger partial charge is 0.342 e. The van der Waals surface area contributed by atoms with Crippen LogP contribution in [-0.2, 0) is 13.6 Å². The van der Waals surface area contributed by atoms with Crippen LogP contribution >= 0.6 is 0 Å². The molecule has 5 aromatic heterocycles. The van der Waals surface area contributed by atoms with E-state index in [1.165, 1.54) is 10.9 Å². The Morgan fingerprint density at radius 1 is 1.06 bits per heavy atom. The lowest BCUT2D eigenvalue weighted by Crippen LogP contribution is -2.28. The molecule has 1 amide bonds. The van der Waals surface area contributed by atoms with Gasteiger partial charge in [0.25, 0.3) is 0 Å². The Bertz CT molecular complexity index is 1590. The molecule has 0 aliphatic heterocycles. The average molecular weight is 482 g/mol. The zero-order chi connectivity index (χ0) is 25.2. The minimum absolute atomic E-state index is 0.0372. The van der Waals surface area contributed by atoms with Crippen molar-refractivity contribution in [3.63, 3.8) is 0 Å². The lowest BCUT2D eigenvalue weighted by atomic mass is 10.0. The van der Waals surface area contributed by atoms with Crippen LogP contribution in [0.15, 0.2) is 61.6 Å². The predicted molar refractivity (Wildman–Crippen MR) is 131 cm³/mol. The van der Waals surface area contributed by atoms with Crippen LogP contribution in [0.5, 0.6) is 5.88 Å². The molecule has 0 saturated heterocycles. The third kappa shape index (κ3) is 4.52. The second kappa shape index (κ2) is 9.34. The van der Waals surface area contributed by atoms with E-state index in [2.05, 4.69) is 31.7 Å². The summed E-state index contributed by atoms with van der Waals surface area (Å²) in [6, 6.07) is 7.36. The van der Waals surface area contributed by atoms with Gasteiger partial charge in [-0.2, -0.15) is 25.2 Å². The van der Waals surface area contributed by atoms with E-state index >= 15 is 0 Å². The van der Waals surface area contributed by atoms with Crippen LogP contribution < -0.4 is 10.1 Å². The molecule has 0 spiro atoms. The van der Waals surface area contributed by atoms with E-state index in [1.54, 1.807) is 40.1 Å². The third-order valence-corrected chi connectivity index (χ3v) is 5.47. The molecule has 0 bridgehead atoms. The van der Waals surface area contributed by atoms with Gasteiger partial charge < -0.3 is 10.1 Å². The van der Waals surface area contributed by atoms with Gasteiger partial charge in [-0.3, -0.25) is 4.68 Å². The van der Waals surface area contributed by atoms with Crippen LogP contribution in [0, 0.1) is 11.3 Å². The van der Waals surface area contributed by atoms with E-state index < -0.39 is 6.03 Å². The van der Waals surface area contributed by atoms with E-state index in [4.69, 9.17) is 4.74 Å². The second-order valence-electron chi connectivity index (χ2n) is 8.51. The number of aromatic nitrogens is 7. The van der Waals surface area contributed by atoms with Crippen molar-refractivity contribution in [1.29, 1.82) is 5.26 Å². The van der Waals surface area contributed by atoms with Crippen molar-refractivity contribution in [2.75, 3.05) is 0 Å². The quantitative estimate of drug-likeness (QED) is 0.394. The second-order valence-corrected chi connectivity index (χ2v) is 8.51. The molecule has 0 saturated carbocycles. The average Bonchev–Trinajstić information content (AvgIpc) is 3.62. The van der Waals surface area contributed by atoms with Crippen LogP contribution in [0.2, 0.25) is 0 Å². The molecular weight excluding hydrogens is 458 g/mol. The van der Waals surface area contributed by atoms with Crippen molar-refractivity contribution in [2.45, 2.75) is 26.5 Å². The van der Waals surface area contributed by atoms with Gasteiger partial charge in [0.1, 0.15) is 6.07 Å². The maximum atomic E-state index is 12.8. The number of carbonyl (C=O) groups excluding carboxylic acids is 1. The van der Waals surface area contributed by atoms with Gasteiger partial charge in [0.05, 0.1) is 35.8 Å². The first kappa shape index (κ1) is 22.8. The zero-order valence-electron chi connectivity index (χ0n) is 20.0. The fraction of sp³-hybridized carbons (Fsp3) is 0.200. The highest BCUT2D eigenvalue weighted by Gasteiger charge is 2.17. The van der Waals surface area contributed by atoms with Crippen molar-refractivity contribution in [3.8, 4) is 34.2 Å². The van der Waals surface area contributed by atoms with Crippen LogP contribution in [-0.4, -0.2) is 46.3 Å². The van der Waals surface area contributed by atoms with Gasteiger partial charge in [-0.05, 0) is 25.5 Å². The predicted octanol–water partition coefficient (Wildman–Crippen LogP) is 3.41. The van der Waals surface area contributed by atoms with E-state index in [9.17, 15) is 10.1 Å². The van der Waals surface area contributed by atoms with E-state index in [-0.39, 0.29) is 12.6 Å². The molecule has 0 atom stereocenters. The fourth-order valence-electron chi connectivity index (χ4n) is 3.81. The molecule has 0 fully saturated rings. The first-order valence-corrected chi connectivity index (χ1v) is 11.3. The monoisotopic (exact) mass is 481 g/mol. The summed E-state index contributed by atoms with van der Waals surface area (Å²) < 4.78 is 10.1. The summed E-state index contributed by atoms with van der Waals surface area (Å²) in [5, 5.41) is 25.3. The standard InChI is InChI=1S/C25H23N9O2/c1-16(2)36-23-5-4-17(8-27-23)9-28-25(35)34-15-21(12-31-34)22-6-18(20-11-29-32(3)13-20)14-33-24(22)19(7-26)10-30-33/h4-6,8,10-16H,9H2,1-3H3,(H,28,35). The Morgan fingerprint density at radius 3 is 2.58 bits per heavy atom. The van der Waals surface area contributed by atoms with Crippen molar-refractivity contribution in [1.82, 2.24) is 39.5 Å². The normalized spacial score (nSPS) is 11.1. The SMILES string of the molecule is CC(C)Oc1ccc(CNC(=O)n2cc(-c3cc(-c4cnn(C)c4)cn4ncc(C#N)c34)cn2)cn1. The van der Waals surface area contributed by atoms with Gasteiger partial charge in [0.2, 0.25) is 5.88 Å². The number of hydrogen-bond acceptors (Lipinski definition) is 7. The molecule has 180 valence electrons. The van der Waals surface area contributed by atoms with Crippen LogP contribution in [0.4, 0.5) is 4.79 Å². The van der Waals surface area contributed by atoms with Gasteiger partial charge >= 0.3 is 6.03 Å². The molecule has 0 unspecified atom stereocenters. The summed E-state index contributed by atoms with van der Waals surface area (Å²) in [5.41, 5.74) is 5.07. The third-order valence-electron chi connectivity index (χ3n) is 5.47. The molecular formula is C25H23N9O2. The molecule has 0 aliphatic carbocycles. The van der Waals surface area contributed by atoms with E-state index in [0.29, 0.717) is 22.5 Å². The highest BCUT2D eigenvalue weighted by Crippen LogP contribution is 2.31. The summed E-state index contributed by atoms with van der Waals surface area (Å²) in [6.07, 6.45) is 11.9. The summed E-state index contributed by atoms with van der Waals surface area (Å²) in [5.74, 6) is 0.535. The first-order valence-electron chi connectivity index (χ1n) is 11.3. The Kier molecular flexibility index (Phi) is 5.92. The van der Waals surface area contributed by atoms with Crippen LogP contribution in [0.1, 0.15) is 25.0 Å². The lowest BCUT2D eigenvalue weighted by molar-refractivity contribution is 0.232. The molecule has 0 aliphatic rings. The summed E-state index contributed by atoms with van der Waals surface area (Å²) in [7, 11) is 1.84. The molecule has 36 heavy (non-hydrogen) atoms. The Morgan fingerprint density at radius 2 is 1.89 bits per heavy atom. The van der Waals surface area contributed by atoms with Crippen molar-refractivity contribution >= 4 is 11.5 Å². The minimum atomic E-state index is -0.391. The number of nitrogens with one attached hydrogen (secondary N) is 1. The maximum absolute atomic E-state index is 12.8. The van der Waals surface area contributed by atoms with Gasteiger partial charge in [-0.15, -0.1) is 0 Å². The molecule has 5 heterocycles. The van der Waals surface area contributed by atoms with Crippen molar-refractivity contribution in [2.24, 2.45) is 7.05 Å².